The number of rotatable bonds is 4. The first kappa shape index (κ1) is 21.3. The van der Waals surface area contributed by atoms with Crippen LogP contribution in [0.2, 0.25) is 5.02 Å². The Morgan fingerprint density at radius 2 is 1.93 bits per heavy atom. The number of benzene rings is 2. The van der Waals surface area contributed by atoms with E-state index in [-0.39, 0.29) is 24.6 Å². The average Bonchev–Trinajstić information content (AvgIpc) is 2.66. The van der Waals surface area contributed by atoms with Gasteiger partial charge in [0, 0.05) is 11.6 Å². The van der Waals surface area contributed by atoms with Crippen LogP contribution in [0, 0.1) is 0 Å². The lowest BCUT2D eigenvalue weighted by Crippen LogP contribution is -2.43. The third-order valence-electron chi connectivity index (χ3n) is 4.58. The number of amides is 1. The maximum Gasteiger partial charge on any atom is 0.573 e. The van der Waals surface area contributed by atoms with E-state index < -0.39 is 30.4 Å². The van der Waals surface area contributed by atoms with Crippen molar-refractivity contribution in [1.29, 1.82) is 0 Å². The second-order valence-electron chi connectivity index (χ2n) is 6.66. The van der Waals surface area contributed by atoms with Gasteiger partial charge in [0.25, 0.3) is 0 Å². The lowest BCUT2D eigenvalue weighted by molar-refractivity contribution is -0.274. The standard InChI is InChI=1S/C20H19ClF3NO4/c21-17-11-15(29-20(22,23)24)6-7-16(17)18-10-14(26)8-9-25(18)19(27)28-12-13-4-2-1-3-5-13/h1-7,11,14,18,26H,8-10,12H2/t14-,18+/m0/s1. The van der Waals surface area contributed by atoms with Gasteiger partial charge in [-0.3, -0.25) is 0 Å². The third kappa shape index (κ3) is 5.77. The molecule has 1 saturated heterocycles. The second-order valence-corrected chi connectivity index (χ2v) is 7.07. The molecule has 156 valence electrons. The molecular formula is C20H19ClF3NO4. The first-order chi connectivity index (χ1) is 13.7. The molecule has 0 aromatic heterocycles. The summed E-state index contributed by atoms with van der Waals surface area (Å²) < 4.78 is 46.5. The summed E-state index contributed by atoms with van der Waals surface area (Å²) in [6.07, 6.45) is -5.53. The Bertz CT molecular complexity index is 847. The van der Waals surface area contributed by atoms with E-state index >= 15 is 0 Å². The third-order valence-corrected chi connectivity index (χ3v) is 4.91. The maximum atomic E-state index is 12.6. The molecule has 2 aromatic rings. The summed E-state index contributed by atoms with van der Waals surface area (Å²) in [6, 6.07) is 12.0. The Morgan fingerprint density at radius 3 is 2.59 bits per heavy atom. The van der Waals surface area contributed by atoms with Crippen LogP contribution in [0.5, 0.6) is 5.75 Å². The molecule has 3 rings (SSSR count). The van der Waals surface area contributed by atoms with Gasteiger partial charge < -0.3 is 19.5 Å². The number of piperidine rings is 1. The summed E-state index contributed by atoms with van der Waals surface area (Å²) in [6.45, 7) is 0.314. The van der Waals surface area contributed by atoms with Gasteiger partial charge in [0.2, 0.25) is 0 Å². The maximum absolute atomic E-state index is 12.6. The summed E-state index contributed by atoms with van der Waals surface area (Å²) in [7, 11) is 0. The van der Waals surface area contributed by atoms with E-state index in [9.17, 15) is 23.1 Å². The van der Waals surface area contributed by atoms with Crippen molar-refractivity contribution in [3.8, 4) is 5.75 Å². The molecule has 0 aliphatic carbocycles. The molecule has 0 radical (unpaired) electrons. The molecule has 2 aromatic carbocycles. The van der Waals surface area contributed by atoms with Crippen molar-refractivity contribution in [2.75, 3.05) is 6.54 Å². The summed E-state index contributed by atoms with van der Waals surface area (Å²) in [5, 5.41) is 10.1. The van der Waals surface area contributed by atoms with Crippen LogP contribution < -0.4 is 4.74 Å². The molecule has 1 N–H and O–H groups in total. The summed E-state index contributed by atoms with van der Waals surface area (Å²) in [5.41, 5.74) is 1.23. The molecular weight excluding hydrogens is 411 g/mol. The van der Waals surface area contributed by atoms with Crippen molar-refractivity contribution in [1.82, 2.24) is 4.90 Å². The zero-order chi connectivity index (χ0) is 21.0. The van der Waals surface area contributed by atoms with Crippen LogP contribution in [0.15, 0.2) is 48.5 Å². The smallest absolute Gasteiger partial charge is 0.445 e. The molecule has 1 fully saturated rings. The van der Waals surface area contributed by atoms with Gasteiger partial charge in [-0.25, -0.2) is 4.79 Å². The quantitative estimate of drug-likeness (QED) is 0.737. The minimum Gasteiger partial charge on any atom is -0.445 e. The highest BCUT2D eigenvalue weighted by atomic mass is 35.5. The fourth-order valence-corrected chi connectivity index (χ4v) is 3.53. The second kappa shape index (κ2) is 8.92. The SMILES string of the molecule is O=C(OCc1ccccc1)N1CC[C@H](O)C[C@@H]1c1ccc(OC(F)(F)F)cc1Cl. The highest BCUT2D eigenvalue weighted by Crippen LogP contribution is 2.38. The molecule has 5 nitrogen and oxygen atoms in total. The zero-order valence-corrected chi connectivity index (χ0v) is 16.0. The number of nitrogens with zero attached hydrogens (tertiary/aromatic N) is 1. The first-order valence-corrected chi connectivity index (χ1v) is 9.31. The van der Waals surface area contributed by atoms with Gasteiger partial charge >= 0.3 is 12.5 Å². The predicted molar refractivity (Wildman–Crippen MR) is 99.4 cm³/mol. The molecule has 0 spiro atoms. The molecule has 2 atom stereocenters. The Hall–Kier alpha value is -2.45. The normalized spacial score (nSPS) is 19.7. The van der Waals surface area contributed by atoms with Crippen LogP contribution in [0.1, 0.15) is 30.0 Å². The van der Waals surface area contributed by atoms with Crippen LogP contribution in [0.4, 0.5) is 18.0 Å². The van der Waals surface area contributed by atoms with Gasteiger partial charge in [0.05, 0.1) is 12.1 Å². The Labute approximate surface area is 170 Å². The Morgan fingerprint density at radius 1 is 1.21 bits per heavy atom. The topological polar surface area (TPSA) is 59.0 Å². The number of halogens is 4. The average molecular weight is 430 g/mol. The van der Waals surface area contributed by atoms with Crippen molar-refractivity contribution >= 4 is 17.7 Å². The van der Waals surface area contributed by atoms with E-state index in [1.807, 2.05) is 30.3 Å². The van der Waals surface area contributed by atoms with Gasteiger partial charge in [-0.05, 0) is 36.1 Å². The molecule has 1 amide bonds. The van der Waals surface area contributed by atoms with Crippen molar-refractivity contribution in [3.05, 3.63) is 64.7 Å². The molecule has 0 unspecified atom stereocenters. The zero-order valence-electron chi connectivity index (χ0n) is 15.2. The minimum atomic E-state index is -4.83. The number of carbonyl (C=O) groups is 1. The van der Waals surface area contributed by atoms with Gasteiger partial charge in [-0.15, -0.1) is 13.2 Å². The van der Waals surface area contributed by atoms with E-state index in [2.05, 4.69) is 4.74 Å². The summed E-state index contributed by atoms with van der Waals surface area (Å²) in [5.74, 6) is -0.458. The summed E-state index contributed by atoms with van der Waals surface area (Å²) in [4.78, 5) is 14.1. The lowest BCUT2D eigenvalue weighted by atomic mass is 9.93. The van der Waals surface area contributed by atoms with E-state index in [0.717, 1.165) is 17.7 Å². The Balaban J connectivity index is 1.76. The molecule has 9 heteroatoms. The number of hydrogen-bond donors (Lipinski definition) is 1. The fraction of sp³-hybridized carbons (Fsp3) is 0.350. The van der Waals surface area contributed by atoms with E-state index in [4.69, 9.17) is 16.3 Å². The monoisotopic (exact) mass is 429 g/mol. The number of likely N-dealkylation sites (tertiary alicyclic amines) is 1. The van der Waals surface area contributed by atoms with Crippen LogP contribution >= 0.6 is 11.6 Å². The van der Waals surface area contributed by atoms with Crippen molar-refractivity contribution in [2.45, 2.75) is 38.0 Å². The minimum absolute atomic E-state index is 0.00621. The number of hydrogen-bond acceptors (Lipinski definition) is 4. The highest BCUT2D eigenvalue weighted by Gasteiger charge is 2.35. The van der Waals surface area contributed by atoms with Crippen LogP contribution in [-0.4, -0.2) is 35.1 Å². The number of ether oxygens (including phenoxy) is 2. The number of alkyl halides is 3. The molecule has 29 heavy (non-hydrogen) atoms. The van der Waals surface area contributed by atoms with Crippen LogP contribution in [-0.2, 0) is 11.3 Å². The number of aliphatic hydroxyl groups is 1. The van der Waals surface area contributed by atoms with E-state index in [0.29, 0.717) is 12.0 Å². The van der Waals surface area contributed by atoms with Crippen LogP contribution in [0.25, 0.3) is 0 Å². The van der Waals surface area contributed by atoms with Crippen molar-refractivity contribution in [3.63, 3.8) is 0 Å². The number of aliphatic hydroxyl groups excluding tert-OH is 1. The van der Waals surface area contributed by atoms with Crippen molar-refractivity contribution < 1.29 is 32.5 Å². The number of carbonyl (C=O) groups excluding carboxylic acids is 1. The highest BCUT2D eigenvalue weighted by molar-refractivity contribution is 6.31. The van der Waals surface area contributed by atoms with Gasteiger partial charge in [0.1, 0.15) is 12.4 Å². The van der Waals surface area contributed by atoms with E-state index in [1.54, 1.807) is 0 Å². The lowest BCUT2D eigenvalue weighted by Gasteiger charge is -2.37. The van der Waals surface area contributed by atoms with Crippen molar-refractivity contribution in [2.24, 2.45) is 0 Å². The largest absolute Gasteiger partial charge is 0.573 e. The summed E-state index contributed by atoms with van der Waals surface area (Å²) >= 11 is 6.17. The molecule has 0 saturated carbocycles. The predicted octanol–water partition coefficient (Wildman–Crippen LogP) is 5.07. The molecule has 1 aliphatic rings. The van der Waals surface area contributed by atoms with Gasteiger partial charge in [-0.2, -0.15) is 0 Å². The van der Waals surface area contributed by atoms with Gasteiger partial charge in [0.15, 0.2) is 0 Å². The molecule has 1 heterocycles. The van der Waals surface area contributed by atoms with Gasteiger partial charge in [-0.1, -0.05) is 48.0 Å². The van der Waals surface area contributed by atoms with Crippen LogP contribution in [0.3, 0.4) is 0 Å². The molecule has 0 bridgehead atoms. The van der Waals surface area contributed by atoms with E-state index in [1.165, 1.54) is 11.0 Å². The molecule has 1 aliphatic heterocycles. The Kier molecular flexibility index (Phi) is 6.54. The fourth-order valence-electron chi connectivity index (χ4n) is 3.24. The first-order valence-electron chi connectivity index (χ1n) is 8.93.